The summed E-state index contributed by atoms with van der Waals surface area (Å²) in [6, 6.07) is 11.8. The number of aliphatic hydroxyl groups is 4. The molecule has 2 fully saturated rings. The average Bonchev–Trinajstić information content (AvgIpc) is 3.11. The molecule has 8 heteroatoms. The summed E-state index contributed by atoms with van der Waals surface area (Å²) in [4.78, 5) is 12.4. The van der Waals surface area contributed by atoms with Crippen molar-refractivity contribution in [1.82, 2.24) is 0 Å². The Morgan fingerprint density at radius 1 is 1.17 bits per heavy atom. The van der Waals surface area contributed by atoms with Gasteiger partial charge in [0.1, 0.15) is 12.2 Å². The molecule has 2 aliphatic rings. The molecule has 4 N–H and O–H groups in total. The van der Waals surface area contributed by atoms with Gasteiger partial charge in [0, 0.05) is 16.1 Å². The molecule has 2 aromatic rings. The molecule has 0 aromatic heterocycles. The first-order valence-electron chi connectivity index (χ1n) is 9.13. The number of carbonyl (C=O) groups is 1. The normalized spacial score (nSPS) is 32.4. The number of ether oxygens (including phenoxy) is 2. The van der Waals surface area contributed by atoms with Crippen molar-refractivity contribution in [2.75, 3.05) is 13.2 Å². The summed E-state index contributed by atoms with van der Waals surface area (Å²) in [5, 5.41) is 41.5. The minimum Gasteiger partial charge on any atom is -0.393 e. The number of benzene rings is 2. The van der Waals surface area contributed by atoms with Gasteiger partial charge in [-0.15, -0.1) is 0 Å². The molecule has 4 rings (SSSR count). The van der Waals surface area contributed by atoms with E-state index in [-0.39, 0.29) is 17.2 Å². The van der Waals surface area contributed by atoms with Gasteiger partial charge >= 0.3 is 0 Å². The SMILES string of the molecule is Cc1ccc(C(O)c2cc([C@]34OC[C@](CO)(O3)[C@@H](O)C(=O)[C@H]4O)ccc2Cl)cc1. The summed E-state index contributed by atoms with van der Waals surface area (Å²) in [6.07, 6.45) is -4.60. The summed E-state index contributed by atoms with van der Waals surface area (Å²) in [6.45, 7) is 0.980. The monoisotopic (exact) mass is 420 g/mol. The van der Waals surface area contributed by atoms with E-state index >= 15 is 0 Å². The van der Waals surface area contributed by atoms with Gasteiger partial charge in [0.15, 0.2) is 17.5 Å². The smallest absolute Gasteiger partial charge is 0.230 e. The van der Waals surface area contributed by atoms with Crippen LogP contribution in [0.15, 0.2) is 42.5 Å². The Labute approximate surface area is 172 Å². The van der Waals surface area contributed by atoms with Crippen LogP contribution in [0, 0.1) is 6.92 Å². The summed E-state index contributed by atoms with van der Waals surface area (Å²) >= 11 is 6.30. The van der Waals surface area contributed by atoms with Gasteiger partial charge in [-0.2, -0.15) is 0 Å². The summed E-state index contributed by atoms with van der Waals surface area (Å²) < 4.78 is 11.4. The van der Waals surface area contributed by atoms with Crippen molar-refractivity contribution in [3.8, 4) is 0 Å². The molecule has 2 aliphatic heterocycles. The number of fused-ring (bicyclic) bond motifs is 2. The van der Waals surface area contributed by atoms with Crippen LogP contribution in [0.25, 0.3) is 0 Å². The first-order chi connectivity index (χ1) is 13.7. The molecule has 2 saturated heterocycles. The molecular formula is C21H21ClO7. The fourth-order valence-corrected chi connectivity index (χ4v) is 4.04. The van der Waals surface area contributed by atoms with Gasteiger partial charge in [0.25, 0.3) is 0 Å². The van der Waals surface area contributed by atoms with Crippen molar-refractivity contribution in [3.05, 3.63) is 69.7 Å². The highest BCUT2D eigenvalue weighted by atomic mass is 35.5. The zero-order valence-electron chi connectivity index (χ0n) is 15.6. The highest BCUT2D eigenvalue weighted by Crippen LogP contribution is 2.49. The standard InChI is InChI=1S/C21H21ClO7/c1-11-2-4-12(5-3-11)16(24)14-8-13(6-7-15(14)22)21-19(27)17(25)18(26)20(9-23,29-21)10-28-21/h2-8,16,18-19,23-24,26-27H,9-10H2,1H3/t16?,18-,19+,20-,21-/m0/s1. The third-order valence-electron chi connectivity index (χ3n) is 5.64. The van der Waals surface area contributed by atoms with Crippen LogP contribution < -0.4 is 0 Å². The molecule has 0 spiro atoms. The maximum atomic E-state index is 12.4. The second kappa shape index (κ2) is 7.14. The number of aliphatic hydroxyl groups excluding tert-OH is 4. The van der Waals surface area contributed by atoms with Crippen LogP contribution in [-0.2, 0) is 20.1 Å². The summed E-state index contributed by atoms with van der Waals surface area (Å²) in [5.41, 5.74) is 0.565. The van der Waals surface area contributed by atoms with Gasteiger partial charge in [-0.3, -0.25) is 4.79 Å². The first kappa shape index (κ1) is 20.4. The lowest BCUT2D eigenvalue weighted by Crippen LogP contribution is -2.63. The van der Waals surface area contributed by atoms with Crippen molar-refractivity contribution in [2.45, 2.75) is 36.6 Å². The lowest BCUT2D eigenvalue weighted by Gasteiger charge is -2.42. The Kier molecular flexibility index (Phi) is 5.03. The number of halogens is 1. The maximum absolute atomic E-state index is 12.4. The Morgan fingerprint density at radius 2 is 1.86 bits per heavy atom. The lowest BCUT2D eigenvalue weighted by molar-refractivity contribution is -0.281. The van der Waals surface area contributed by atoms with Crippen molar-refractivity contribution in [2.24, 2.45) is 0 Å². The number of ketones is 1. The van der Waals surface area contributed by atoms with Crippen molar-refractivity contribution in [3.63, 3.8) is 0 Å². The number of hydrogen-bond donors (Lipinski definition) is 4. The molecule has 7 nitrogen and oxygen atoms in total. The zero-order valence-corrected chi connectivity index (χ0v) is 16.3. The molecular weight excluding hydrogens is 400 g/mol. The highest BCUT2D eigenvalue weighted by molar-refractivity contribution is 6.31. The number of Topliss-reactive ketones (excluding diaryl/α,β-unsaturated/α-hetero) is 1. The van der Waals surface area contributed by atoms with Gasteiger partial charge in [-0.05, 0) is 24.6 Å². The van der Waals surface area contributed by atoms with Crippen LogP contribution >= 0.6 is 11.6 Å². The van der Waals surface area contributed by atoms with Gasteiger partial charge < -0.3 is 29.9 Å². The quantitative estimate of drug-likeness (QED) is 0.582. The predicted octanol–water partition coefficient (Wildman–Crippen LogP) is 0.965. The minimum absolute atomic E-state index is 0.242. The minimum atomic E-state index is -1.91. The fourth-order valence-electron chi connectivity index (χ4n) is 3.82. The van der Waals surface area contributed by atoms with E-state index in [0.717, 1.165) is 5.56 Å². The molecule has 29 heavy (non-hydrogen) atoms. The Morgan fingerprint density at radius 3 is 2.52 bits per heavy atom. The molecule has 2 bridgehead atoms. The Hall–Kier alpha value is -1.84. The van der Waals surface area contributed by atoms with Crippen molar-refractivity contribution in [1.29, 1.82) is 0 Å². The number of carbonyl (C=O) groups excluding carboxylic acids is 1. The van der Waals surface area contributed by atoms with E-state index < -0.39 is 42.1 Å². The van der Waals surface area contributed by atoms with Crippen LogP contribution in [0.2, 0.25) is 5.02 Å². The average molecular weight is 421 g/mol. The Bertz CT molecular complexity index is 947. The van der Waals surface area contributed by atoms with Crippen LogP contribution in [0.1, 0.15) is 28.4 Å². The fraction of sp³-hybridized carbons (Fsp3) is 0.381. The summed E-state index contributed by atoms with van der Waals surface area (Å²) in [5.74, 6) is -2.82. The van der Waals surface area contributed by atoms with Gasteiger partial charge in [-0.25, -0.2) is 0 Å². The predicted molar refractivity (Wildman–Crippen MR) is 102 cm³/mol. The molecule has 0 saturated carbocycles. The van der Waals surface area contributed by atoms with Crippen LogP contribution in [0.4, 0.5) is 0 Å². The second-order valence-electron chi connectivity index (χ2n) is 7.54. The van der Waals surface area contributed by atoms with E-state index in [0.29, 0.717) is 11.1 Å². The zero-order chi connectivity index (χ0) is 21.0. The van der Waals surface area contributed by atoms with E-state index in [4.69, 9.17) is 21.1 Å². The van der Waals surface area contributed by atoms with Gasteiger partial charge in [0.2, 0.25) is 5.79 Å². The third kappa shape index (κ3) is 3.02. The van der Waals surface area contributed by atoms with Crippen molar-refractivity contribution >= 4 is 17.4 Å². The largest absolute Gasteiger partial charge is 0.393 e. The van der Waals surface area contributed by atoms with E-state index in [1.165, 1.54) is 18.2 Å². The van der Waals surface area contributed by atoms with E-state index in [1.807, 2.05) is 19.1 Å². The third-order valence-corrected chi connectivity index (χ3v) is 5.98. The van der Waals surface area contributed by atoms with Gasteiger partial charge in [0.05, 0.1) is 13.2 Å². The molecule has 1 unspecified atom stereocenters. The lowest BCUT2D eigenvalue weighted by atomic mass is 9.84. The molecule has 0 radical (unpaired) electrons. The van der Waals surface area contributed by atoms with Crippen LogP contribution in [-0.4, -0.2) is 57.2 Å². The number of aryl methyl sites for hydroxylation is 1. The van der Waals surface area contributed by atoms with Crippen LogP contribution in [0.3, 0.4) is 0 Å². The molecule has 5 atom stereocenters. The van der Waals surface area contributed by atoms with E-state index in [2.05, 4.69) is 0 Å². The van der Waals surface area contributed by atoms with Crippen LogP contribution in [0.5, 0.6) is 0 Å². The Balaban J connectivity index is 1.77. The number of hydrogen-bond acceptors (Lipinski definition) is 7. The first-order valence-corrected chi connectivity index (χ1v) is 9.51. The van der Waals surface area contributed by atoms with Gasteiger partial charge in [-0.1, -0.05) is 47.5 Å². The molecule has 0 aliphatic carbocycles. The maximum Gasteiger partial charge on any atom is 0.230 e. The summed E-state index contributed by atoms with van der Waals surface area (Å²) in [7, 11) is 0. The van der Waals surface area contributed by atoms with Crippen molar-refractivity contribution < 1.29 is 34.7 Å². The topological polar surface area (TPSA) is 116 Å². The number of rotatable bonds is 4. The highest BCUT2D eigenvalue weighted by Gasteiger charge is 2.67. The van der Waals surface area contributed by atoms with E-state index in [1.54, 1.807) is 12.1 Å². The molecule has 154 valence electrons. The second-order valence-corrected chi connectivity index (χ2v) is 7.95. The molecule has 0 amide bonds. The molecule has 2 heterocycles. The molecule has 2 aromatic carbocycles. The van der Waals surface area contributed by atoms with E-state index in [9.17, 15) is 25.2 Å².